The lowest BCUT2D eigenvalue weighted by molar-refractivity contribution is 0.204. The van der Waals surface area contributed by atoms with Gasteiger partial charge in [0.1, 0.15) is 0 Å². The summed E-state index contributed by atoms with van der Waals surface area (Å²) in [6, 6.07) is 9.14. The summed E-state index contributed by atoms with van der Waals surface area (Å²) >= 11 is 5.72. The first kappa shape index (κ1) is 15.6. The normalized spacial score (nSPS) is 13.3. The Bertz CT molecular complexity index is 741. The Morgan fingerprint density at radius 3 is 2.78 bits per heavy atom. The highest BCUT2D eigenvalue weighted by Gasteiger charge is 2.27. The Kier molecular flexibility index (Phi) is 4.39. The van der Waals surface area contributed by atoms with Gasteiger partial charge >= 0.3 is 6.03 Å². The number of urea groups is 1. The number of anilines is 1. The monoisotopic (exact) mass is 348 g/mol. The minimum Gasteiger partial charge on any atom is -0.370 e. The van der Waals surface area contributed by atoms with Crippen molar-refractivity contribution in [3.8, 4) is 0 Å². The van der Waals surface area contributed by atoms with Gasteiger partial charge < -0.3 is 16.4 Å². The first-order valence-corrected chi connectivity index (χ1v) is 8.17. The smallest absolute Gasteiger partial charge is 0.334 e. The number of amides is 2. The number of rotatable bonds is 2. The largest absolute Gasteiger partial charge is 0.370 e. The molecule has 120 valence electrons. The predicted octanol–water partition coefficient (Wildman–Crippen LogP) is 1.88. The summed E-state index contributed by atoms with van der Waals surface area (Å²) in [4.78, 5) is 23.7. The Morgan fingerprint density at radius 1 is 1.35 bits per heavy atom. The number of hydrogen-bond donors (Lipinski definition) is 3. The van der Waals surface area contributed by atoms with Crippen LogP contribution in [0.3, 0.4) is 0 Å². The van der Waals surface area contributed by atoms with Crippen LogP contribution in [0.2, 0.25) is 0 Å². The fourth-order valence-corrected chi connectivity index (χ4v) is 3.59. The molecule has 0 saturated carbocycles. The van der Waals surface area contributed by atoms with Gasteiger partial charge in [0.2, 0.25) is 5.13 Å². The van der Waals surface area contributed by atoms with Gasteiger partial charge in [0, 0.05) is 17.8 Å². The first-order valence-electron chi connectivity index (χ1n) is 6.96. The maximum Gasteiger partial charge on any atom is 0.334 e. The van der Waals surface area contributed by atoms with E-state index in [0.29, 0.717) is 24.6 Å². The summed E-state index contributed by atoms with van der Waals surface area (Å²) in [6.07, 6.45) is 0.675. The van der Waals surface area contributed by atoms with Crippen LogP contribution < -0.4 is 15.8 Å². The number of hydrogen-bond acceptors (Lipinski definition) is 5. The average molecular weight is 348 g/mol. The number of carbonyl (C=O) groups excluding carboxylic acids is 1. The van der Waals surface area contributed by atoms with Gasteiger partial charge in [-0.3, -0.25) is 0 Å². The van der Waals surface area contributed by atoms with E-state index in [-0.39, 0.29) is 12.0 Å². The lowest BCUT2D eigenvalue weighted by Gasteiger charge is -2.29. The van der Waals surface area contributed by atoms with Crippen LogP contribution >= 0.6 is 24.2 Å². The van der Waals surface area contributed by atoms with E-state index in [0.717, 1.165) is 16.3 Å². The number of nitrogens with two attached hydrogens (primary N) is 2. The van der Waals surface area contributed by atoms with E-state index < -0.39 is 0 Å². The molecule has 0 aliphatic carbocycles. The second-order valence-electron chi connectivity index (χ2n) is 5.00. The molecule has 0 saturated heterocycles. The van der Waals surface area contributed by atoms with Gasteiger partial charge in [-0.2, -0.15) is 4.99 Å². The first-order chi connectivity index (χ1) is 11.0. The topological polar surface area (TPSA) is 101 Å². The van der Waals surface area contributed by atoms with Gasteiger partial charge in [-0.05, 0) is 12.1 Å². The van der Waals surface area contributed by atoms with Crippen molar-refractivity contribution >= 4 is 47.0 Å². The molecule has 0 bridgehead atoms. The van der Waals surface area contributed by atoms with Crippen LogP contribution in [0, 0.1) is 0 Å². The summed E-state index contributed by atoms with van der Waals surface area (Å²) in [7, 11) is 0. The molecule has 2 amide bonds. The zero-order valence-corrected chi connectivity index (χ0v) is 13.9. The number of fused-ring (bicyclic) bond motifs is 1. The van der Waals surface area contributed by atoms with Gasteiger partial charge in [0.15, 0.2) is 5.96 Å². The predicted molar refractivity (Wildman–Crippen MR) is 95.0 cm³/mol. The third kappa shape index (κ3) is 3.40. The van der Waals surface area contributed by atoms with Crippen molar-refractivity contribution < 1.29 is 4.79 Å². The fourth-order valence-electron chi connectivity index (χ4n) is 2.32. The number of para-hydroxylation sites is 1. The van der Waals surface area contributed by atoms with Gasteiger partial charge in [-0.25, -0.2) is 14.1 Å². The summed E-state index contributed by atoms with van der Waals surface area (Å²) in [5.74, 6) is -0.0189. The highest BCUT2D eigenvalue weighted by atomic mass is 32.1. The number of benzene rings is 1. The lowest BCUT2D eigenvalue weighted by atomic mass is 10.2. The van der Waals surface area contributed by atoms with E-state index in [1.54, 1.807) is 4.90 Å². The van der Waals surface area contributed by atoms with E-state index >= 15 is 0 Å². The molecule has 1 aromatic heterocycles. The molecule has 2 aromatic rings. The van der Waals surface area contributed by atoms with Crippen molar-refractivity contribution in [3.05, 3.63) is 40.9 Å². The van der Waals surface area contributed by atoms with E-state index in [9.17, 15) is 4.79 Å². The van der Waals surface area contributed by atoms with Crippen LogP contribution in [-0.4, -0.2) is 28.4 Å². The van der Waals surface area contributed by atoms with Gasteiger partial charge in [0.05, 0.1) is 17.9 Å². The molecule has 0 radical (unpaired) electrons. The number of guanidine groups is 1. The summed E-state index contributed by atoms with van der Waals surface area (Å²) in [5.41, 5.74) is 12.4. The molecule has 23 heavy (non-hydrogen) atoms. The summed E-state index contributed by atoms with van der Waals surface area (Å²) in [6.45, 7) is 1.07. The minimum absolute atomic E-state index is 0.0189. The van der Waals surface area contributed by atoms with E-state index in [2.05, 4.69) is 22.8 Å². The lowest BCUT2D eigenvalue weighted by Crippen LogP contribution is -2.41. The second-order valence-corrected chi connectivity index (χ2v) is 6.47. The molecule has 1 aliphatic rings. The van der Waals surface area contributed by atoms with Gasteiger partial charge in [0.25, 0.3) is 0 Å². The maximum atomic E-state index is 12.6. The van der Waals surface area contributed by atoms with Crippen molar-refractivity contribution in [1.82, 2.24) is 9.88 Å². The molecule has 9 heteroatoms. The molecule has 7 nitrogen and oxygen atoms in total. The number of aromatic nitrogens is 1. The summed E-state index contributed by atoms with van der Waals surface area (Å²) in [5, 5.41) is 0.523. The maximum absolute atomic E-state index is 12.6. The van der Waals surface area contributed by atoms with Crippen LogP contribution in [0.25, 0.3) is 0 Å². The van der Waals surface area contributed by atoms with Crippen molar-refractivity contribution in [3.63, 3.8) is 0 Å². The Morgan fingerprint density at radius 2 is 2.09 bits per heavy atom. The molecular formula is C14H16N6OS2. The van der Waals surface area contributed by atoms with Gasteiger partial charge in [-0.1, -0.05) is 42.4 Å². The standard InChI is InChI=1S/C14H16N6OS2/c15-12(16)18-13-17-10-6-7-19(8-11(10)23-13)14(21)20(22)9-4-2-1-3-5-9/h1-5,22H,6-8H2,(H4,15,16,17,18). The van der Waals surface area contributed by atoms with Crippen molar-refractivity contribution in [1.29, 1.82) is 0 Å². The number of thiol groups is 1. The minimum atomic E-state index is -0.165. The number of aliphatic imine (C=N–C) groups is 1. The highest BCUT2D eigenvalue weighted by Crippen LogP contribution is 2.31. The third-order valence-corrected chi connectivity index (χ3v) is 4.78. The van der Waals surface area contributed by atoms with Crippen LogP contribution in [0.4, 0.5) is 15.6 Å². The molecule has 4 N–H and O–H groups in total. The van der Waals surface area contributed by atoms with Crippen LogP contribution in [0.15, 0.2) is 35.3 Å². The van der Waals surface area contributed by atoms with E-state index in [4.69, 9.17) is 11.5 Å². The number of carbonyl (C=O) groups is 1. The second kappa shape index (κ2) is 6.47. The van der Waals surface area contributed by atoms with Crippen molar-refractivity contribution in [2.45, 2.75) is 13.0 Å². The molecule has 2 heterocycles. The van der Waals surface area contributed by atoms with Crippen LogP contribution in [0.1, 0.15) is 10.6 Å². The molecule has 1 aromatic carbocycles. The molecule has 0 fully saturated rings. The number of nitrogens with zero attached hydrogens (tertiary/aromatic N) is 4. The number of thiazole rings is 1. The highest BCUT2D eigenvalue weighted by molar-refractivity contribution is 7.82. The molecule has 0 atom stereocenters. The quantitative estimate of drug-likeness (QED) is 0.438. The Hall–Kier alpha value is -2.26. The van der Waals surface area contributed by atoms with Crippen LogP contribution in [0.5, 0.6) is 0 Å². The Balaban J connectivity index is 1.75. The summed E-state index contributed by atoms with van der Waals surface area (Å²) < 4.78 is 1.35. The molecule has 0 unspecified atom stereocenters. The van der Waals surface area contributed by atoms with Crippen molar-refractivity contribution in [2.75, 3.05) is 10.8 Å². The average Bonchev–Trinajstić information content (AvgIpc) is 2.94. The SMILES string of the molecule is NC(N)=Nc1nc2c(s1)CN(C(=O)N(S)c1ccccc1)CC2. The molecule has 3 rings (SSSR count). The fraction of sp³-hybridized carbons (Fsp3) is 0.214. The Labute approximate surface area is 143 Å². The van der Waals surface area contributed by atoms with Crippen molar-refractivity contribution in [2.24, 2.45) is 16.5 Å². The molecule has 0 spiro atoms. The van der Waals surface area contributed by atoms with Crippen LogP contribution in [-0.2, 0) is 13.0 Å². The zero-order valence-electron chi connectivity index (χ0n) is 12.2. The van der Waals surface area contributed by atoms with E-state index in [1.807, 2.05) is 30.3 Å². The molecular weight excluding hydrogens is 332 g/mol. The zero-order chi connectivity index (χ0) is 16.4. The third-order valence-electron chi connectivity index (χ3n) is 3.40. The van der Waals surface area contributed by atoms with E-state index in [1.165, 1.54) is 15.6 Å². The van der Waals surface area contributed by atoms with Gasteiger partial charge in [-0.15, -0.1) is 0 Å². The molecule has 1 aliphatic heterocycles.